The summed E-state index contributed by atoms with van der Waals surface area (Å²) in [5.74, 6) is -3.16. The van der Waals surface area contributed by atoms with Crippen LogP contribution >= 0.6 is 0 Å². The van der Waals surface area contributed by atoms with Crippen molar-refractivity contribution in [2.45, 2.75) is 43.6 Å². The van der Waals surface area contributed by atoms with Crippen molar-refractivity contribution in [3.8, 4) is 0 Å². The number of rotatable bonds is 7. The van der Waals surface area contributed by atoms with Crippen LogP contribution in [-0.2, 0) is 15.0 Å². The highest BCUT2D eigenvalue weighted by molar-refractivity contribution is 5.92. The van der Waals surface area contributed by atoms with Gasteiger partial charge in [0.05, 0.1) is 5.41 Å². The second-order valence-corrected chi connectivity index (χ2v) is 5.79. The molecule has 1 unspecified atom stereocenters. The van der Waals surface area contributed by atoms with Crippen molar-refractivity contribution in [3.63, 3.8) is 0 Å². The molecule has 124 valence electrons. The van der Waals surface area contributed by atoms with Crippen molar-refractivity contribution in [1.29, 1.82) is 0 Å². The van der Waals surface area contributed by atoms with Crippen molar-refractivity contribution in [2.75, 3.05) is 0 Å². The maximum absolute atomic E-state index is 14.1. The summed E-state index contributed by atoms with van der Waals surface area (Å²) >= 11 is 0. The monoisotopic (exact) mass is 323 g/mol. The summed E-state index contributed by atoms with van der Waals surface area (Å²) in [4.78, 5) is 23.9. The number of allylic oxidation sites excluding steroid dienone is 1. The topological polar surface area (TPSA) is 66.4 Å². The maximum atomic E-state index is 14.1. The SMILES string of the molecule is C=CCCC(NC(=O)C1(c2ccc(F)cc2F)CCC1)C(=O)O. The fraction of sp³-hybridized carbons (Fsp3) is 0.412. The van der Waals surface area contributed by atoms with Gasteiger partial charge >= 0.3 is 5.97 Å². The molecule has 1 aromatic carbocycles. The average Bonchev–Trinajstić information content (AvgIpc) is 2.44. The molecule has 1 aliphatic rings. The molecule has 0 bridgehead atoms. The number of amides is 1. The zero-order valence-corrected chi connectivity index (χ0v) is 12.6. The highest BCUT2D eigenvalue weighted by atomic mass is 19.1. The fourth-order valence-electron chi connectivity index (χ4n) is 2.86. The summed E-state index contributed by atoms with van der Waals surface area (Å²) in [7, 11) is 0. The lowest BCUT2D eigenvalue weighted by molar-refractivity contribution is -0.143. The van der Waals surface area contributed by atoms with Gasteiger partial charge in [0.15, 0.2) is 0 Å². The Hall–Kier alpha value is -2.24. The molecule has 1 aliphatic carbocycles. The van der Waals surface area contributed by atoms with Crippen LogP contribution in [0, 0.1) is 11.6 Å². The Morgan fingerprint density at radius 3 is 2.57 bits per heavy atom. The van der Waals surface area contributed by atoms with Crippen molar-refractivity contribution >= 4 is 11.9 Å². The molecule has 0 spiro atoms. The maximum Gasteiger partial charge on any atom is 0.326 e. The summed E-state index contributed by atoms with van der Waals surface area (Å²) in [5, 5.41) is 11.7. The molecule has 1 amide bonds. The van der Waals surface area contributed by atoms with Gasteiger partial charge in [0.25, 0.3) is 0 Å². The fourth-order valence-corrected chi connectivity index (χ4v) is 2.86. The van der Waals surface area contributed by atoms with Gasteiger partial charge in [-0.05, 0) is 31.7 Å². The third-order valence-electron chi connectivity index (χ3n) is 4.35. The van der Waals surface area contributed by atoms with Crippen LogP contribution in [0.25, 0.3) is 0 Å². The van der Waals surface area contributed by atoms with Gasteiger partial charge in [-0.3, -0.25) is 4.79 Å². The highest BCUT2D eigenvalue weighted by Crippen LogP contribution is 2.45. The molecule has 0 radical (unpaired) electrons. The molecule has 4 nitrogen and oxygen atoms in total. The lowest BCUT2D eigenvalue weighted by Crippen LogP contribution is -2.54. The Bertz CT molecular complexity index is 626. The molecular weight excluding hydrogens is 304 g/mol. The van der Waals surface area contributed by atoms with Gasteiger partial charge in [0, 0.05) is 11.6 Å². The smallest absolute Gasteiger partial charge is 0.326 e. The molecule has 1 saturated carbocycles. The third-order valence-corrected chi connectivity index (χ3v) is 4.35. The van der Waals surface area contributed by atoms with Crippen LogP contribution in [0.15, 0.2) is 30.9 Å². The summed E-state index contributed by atoms with van der Waals surface area (Å²) in [5.41, 5.74) is -0.991. The molecule has 6 heteroatoms. The molecule has 2 N–H and O–H groups in total. The molecule has 1 aromatic rings. The van der Waals surface area contributed by atoms with Crippen LogP contribution < -0.4 is 5.32 Å². The minimum atomic E-state index is -1.14. The van der Waals surface area contributed by atoms with Crippen LogP contribution in [0.1, 0.15) is 37.7 Å². The predicted molar refractivity (Wildman–Crippen MR) is 80.9 cm³/mol. The Kier molecular flexibility index (Phi) is 5.13. The summed E-state index contributed by atoms with van der Waals surface area (Å²) in [6, 6.07) is 2.07. The molecular formula is C17H19F2NO3. The summed E-state index contributed by atoms with van der Waals surface area (Å²) in [6.07, 6.45) is 3.78. The Balaban J connectivity index is 2.23. The number of halogens is 2. The van der Waals surface area contributed by atoms with E-state index in [2.05, 4.69) is 11.9 Å². The van der Waals surface area contributed by atoms with Gasteiger partial charge in [0.1, 0.15) is 17.7 Å². The van der Waals surface area contributed by atoms with E-state index in [-0.39, 0.29) is 12.0 Å². The van der Waals surface area contributed by atoms with Crippen LogP contribution in [-0.4, -0.2) is 23.0 Å². The van der Waals surface area contributed by atoms with Crippen molar-refractivity contribution in [3.05, 3.63) is 48.1 Å². The minimum absolute atomic E-state index is 0.121. The molecule has 0 aromatic heterocycles. The van der Waals surface area contributed by atoms with E-state index in [1.165, 1.54) is 6.07 Å². The van der Waals surface area contributed by atoms with Crippen LogP contribution in [0.4, 0.5) is 8.78 Å². The Morgan fingerprint density at radius 2 is 2.09 bits per heavy atom. The van der Waals surface area contributed by atoms with E-state index in [0.29, 0.717) is 19.3 Å². The summed E-state index contributed by atoms with van der Waals surface area (Å²) in [6.45, 7) is 3.52. The van der Waals surface area contributed by atoms with Crippen molar-refractivity contribution < 1.29 is 23.5 Å². The first-order valence-electron chi connectivity index (χ1n) is 7.51. The number of hydrogen-bond acceptors (Lipinski definition) is 2. The van der Waals surface area contributed by atoms with E-state index in [0.717, 1.165) is 18.6 Å². The van der Waals surface area contributed by atoms with E-state index >= 15 is 0 Å². The number of carboxylic acids is 1. The van der Waals surface area contributed by atoms with Crippen LogP contribution in [0.2, 0.25) is 0 Å². The molecule has 0 saturated heterocycles. The van der Waals surface area contributed by atoms with Gasteiger partial charge in [-0.1, -0.05) is 18.6 Å². The zero-order chi connectivity index (χ0) is 17.0. The number of carbonyl (C=O) groups excluding carboxylic acids is 1. The minimum Gasteiger partial charge on any atom is -0.480 e. The molecule has 2 rings (SSSR count). The quantitative estimate of drug-likeness (QED) is 0.758. The molecule has 23 heavy (non-hydrogen) atoms. The first kappa shape index (κ1) is 17.1. The van der Waals surface area contributed by atoms with Gasteiger partial charge < -0.3 is 10.4 Å². The van der Waals surface area contributed by atoms with E-state index in [1.807, 2.05) is 0 Å². The molecule has 0 aliphatic heterocycles. The number of benzene rings is 1. The second-order valence-electron chi connectivity index (χ2n) is 5.79. The van der Waals surface area contributed by atoms with Gasteiger partial charge in [0.2, 0.25) is 5.91 Å². The number of hydrogen-bond donors (Lipinski definition) is 2. The summed E-state index contributed by atoms with van der Waals surface area (Å²) < 4.78 is 27.2. The number of carboxylic acid groups (broad SMARTS) is 1. The van der Waals surface area contributed by atoms with Crippen LogP contribution in [0.5, 0.6) is 0 Å². The lowest BCUT2D eigenvalue weighted by atomic mass is 9.63. The normalized spacial score (nSPS) is 17.0. The van der Waals surface area contributed by atoms with Crippen molar-refractivity contribution in [1.82, 2.24) is 5.32 Å². The van der Waals surface area contributed by atoms with E-state index in [4.69, 9.17) is 0 Å². The van der Waals surface area contributed by atoms with Crippen LogP contribution in [0.3, 0.4) is 0 Å². The highest BCUT2D eigenvalue weighted by Gasteiger charge is 2.48. The number of carbonyl (C=O) groups is 2. The Morgan fingerprint density at radius 1 is 1.39 bits per heavy atom. The predicted octanol–water partition coefficient (Wildman–Crippen LogP) is 2.92. The lowest BCUT2D eigenvalue weighted by Gasteiger charge is -2.41. The standard InChI is InChI=1S/C17H19F2NO3/c1-2-3-5-14(15(21)22)20-16(23)17(8-4-9-17)12-7-6-11(18)10-13(12)19/h2,6-7,10,14H,1,3-5,8-9H2,(H,20,23)(H,21,22). The van der Waals surface area contributed by atoms with Gasteiger partial charge in [-0.25, -0.2) is 13.6 Å². The third kappa shape index (κ3) is 3.41. The zero-order valence-electron chi connectivity index (χ0n) is 12.6. The molecule has 0 heterocycles. The van der Waals surface area contributed by atoms with Crippen molar-refractivity contribution in [2.24, 2.45) is 0 Å². The largest absolute Gasteiger partial charge is 0.480 e. The first-order valence-corrected chi connectivity index (χ1v) is 7.51. The number of nitrogens with one attached hydrogen (secondary N) is 1. The second kappa shape index (κ2) is 6.89. The van der Waals surface area contributed by atoms with E-state index in [1.54, 1.807) is 6.08 Å². The molecule has 1 fully saturated rings. The number of aliphatic carboxylic acids is 1. The van der Waals surface area contributed by atoms with Gasteiger partial charge in [-0.15, -0.1) is 6.58 Å². The average molecular weight is 323 g/mol. The Labute approximate surface area is 133 Å². The molecule has 1 atom stereocenters. The first-order chi connectivity index (χ1) is 10.9. The van der Waals surface area contributed by atoms with E-state index < -0.39 is 35.0 Å². The van der Waals surface area contributed by atoms with Gasteiger partial charge in [-0.2, -0.15) is 0 Å². The van der Waals surface area contributed by atoms with E-state index in [9.17, 15) is 23.5 Å².